The minimum Gasteiger partial charge on any atom is -0.508 e. The van der Waals surface area contributed by atoms with E-state index >= 15 is 0 Å². The quantitative estimate of drug-likeness (QED) is 0.826. The molecule has 2 rings (SSSR count). The van der Waals surface area contributed by atoms with Crippen LogP contribution in [0.3, 0.4) is 0 Å². The lowest BCUT2D eigenvalue weighted by Gasteiger charge is -1.94. The van der Waals surface area contributed by atoms with Crippen LogP contribution in [0.15, 0.2) is 28.8 Å². The Kier molecular flexibility index (Phi) is 3.57. The molecule has 0 saturated heterocycles. The van der Waals surface area contributed by atoms with E-state index in [0.717, 1.165) is 5.56 Å². The molecule has 18 heavy (non-hydrogen) atoms. The molecule has 6 heteroatoms. The van der Waals surface area contributed by atoms with Crippen LogP contribution in [0.25, 0.3) is 11.4 Å². The van der Waals surface area contributed by atoms with E-state index in [1.807, 2.05) is 0 Å². The van der Waals surface area contributed by atoms with Gasteiger partial charge in [0.05, 0.1) is 13.5 Å². The standard InChI is InChI=1S/C12H12N2O4/c1-17-11(16)7-6-10-13-12(14-18-10)8-2-4-9(15)5-3-8/h2-5,15H,6-7H2,1H3. The average molecular weight is 248 g/mol. The summed E-state index contributed by atoms with van der Waals surface area (Å²) in [6, 6.07) is 6.45. The molecule has 0 atom stereocenters. The van der Waals surface area contributed by atoms with Crippen molar-refractivity contribution in [3.05, 3.63) is 30.2 Å². The Labute approximate surface area is 103 Å². The topological polar surface area (TPSA) is 85.5 Å². The van der Waals surface area contributed by atoms with Crippen molar-refractivity contribution in [1.82, 2.24) is 10.1 Å². The number of hydrogen-bond acceptors (Lipinski definition) is 6. The maximum Gasteiger partial charge on any atom is 0.306 e. The summed E-state index contributed by atoms with van der Waals surface area (Å²) in [6.07, 6.45) is 0.547. The molecule has 6 nitrogen and oxygen atoms in total. The van der Waals surface area contributed by atoms with Crippen LogP contribution in [0.4, 0.5) is 0 Å². The first-order valence-electron chi connectivity index (χ1n) is 5.38. The zero-order chi connectivity index (χ0) is 13.0. The molecule has 0 radical (unpaired) electrons. The highest BCUT2D eigenvalue weighted by Crippen LogP contribution is 2.19. The normalized spacial score (nSPS) is 10.3. The van der Waals surface area contributed by atoms with Crippen LogP contribution >= 0.6 is 0 Å². The zero-order valence-corrected chi connectivity index (χ0v) is 9.79. The fourth-order valence-electron chi connectivity index (χ4n) is 1.40. The number of aromatic hydroxyl groups is 1. The Morgan fingerprint density at radius 2 is 2.11 bits per heavy atom. The lowest BCUT2D eigenvalue weighted by atomic mass is 10.2. The molecule has 94 valence electrons. The van der Waals surface area contributed by atoms with E-state index in [9.17, 15) is 4.79 Å². The van der Waals surface area contributed by atoms with Gasteiger partial charge in [-0.25, -0.2) is 0 Å². The second kappa shape index (κ2) is 5.31. The Hall–Kier alpha value is -2.37. The lowest BCUT2D eigenvalue weighted by molar-refractivity contribution is -0.140. The molecule has 1 aromatic carbocycles. The molecule has 0 unspecified atom stereocenters. The summed E-state index contributed by atoms with van der Waals surface area (Å²) in [5.41, 5.74) is 0.737. The number of methoxy groups -OCH3 is 1. The van der Waals surface area contributed by atoms with Gasteiger partial charge < -0.3 is 14.4 Å². The van der Waals surface area contributed by atoms with Gasteiger partial charge in [-0.2, -0.15) is 4.98 Å². The minimum absolute atomic E-state index is 0.174. The maximum absolute atomic E-state index is 11.0. The van der Waals surface area contributed by atoms with Crippen molar-refractivity contribution in [3.8, 4) is 17.1 Å². The van der Waals surface area contributed by atoms with Gasteiger partial charge >= 0.3 is 5.97 Å². The molecular formula is C12H12N2O4. The van der Waals surface area contributed by atoms with Gasteiger partial charge in [0.2, 0.25) is 11.7 Å². The predicted molar refractivity (Wildman–Crippen MR) is 61.7 cm³/mol. The van der Waals surface area contributed by atoms with Crippen LogP contribution < -0.4 is 0 Å². The Morgan fingerprint density at radius 1 is 1.39 bits per heavy atom. The number of rotatable bonds is 4. The summed E-state index contributed by atoms with van der Waals surface area (Å²) in [6.45, 7) is 0. The van der Waals surface area contributed by atoms with Gasteiger partial charge in [0.1, 0.15) is 5.75 Å². The van der Waals surface area contributed by atoms with Crippen molar-refractivity contribution in [3.63, 3.8) is 0 Å². The molecule has 0 amide bonds. The highest BCUT2D eigenvalue weighted by Gasteiger charge is 2.10. The molecule has 1 heterocycles. The van der Waals surface area contributed by atoms with E-state index in [2.05, 4.69) is 14.9 Å². The number of esters is 1. The number of nitrogens with zero attached hydrogens (tertiary/aromatic N) is 2. The molecule has 0 bridgehead atoms. The van der Waals surface area contributed by atoms with E-state index < -0.39 is 0 Å². The number of aromatic nitrogens is 2. The molecule has 0 aliphatic heterocycles. The molecule has 2 aromatic rings. The molecular weight excluding hydrogens is 236 g/mol. The first-order chi connectivity index (χ1) is 8.69. The molecule has 1 N–H and O–H groups in total. The number of carbonyl (C=O) groups excluding carboxylic acids is 1. The number of carbonyl (C=O) groups is 1. The third-order valence-electron chi connectivity index (χ3n) is 2.36. The van der Waals surface area contributed by atoms with Crippen LogP contribution in [-0.4, -0.2) is 28.3 Å². The van der Waals surface area contributed by atoms with Crippen molar-refractivity contribution in [1.29, 1.82) is 0 Å². The Morgan fingerprint density at radius 3 is 2.78 bits per heavy atom. The van der Waals surface area contributed by atoms with Crippen molar-refractivity contribution < 1.29 is 19.2 Å². The summed E-state index contributed by atoms with van der Waals surface area (Å²) in [5.74, 6) is 0.658. The van der Waals surface area contributed by atoms with Crippen LogP contribution in [0.1, 0.15) is 12.3 Å². The molecule has 0 saturated carbocycles. The number of ether oxygens (including phenoxy) is 1. The third-order valence-corrected chi connectivity index (χ3v) is 2.36. The highest BCUT2D eigenvalue weighted by atomic mass is 16.5. The van der Waals surface area contributed by atoms with E-state index in [-0.39, 0.29) is 18.1 Å². The van der Waals surface area contributed by atoms with E-state index in [1.54, 1.807) is 24.3 Å². The number of hydrogen-bond donors (Lipinski definition) is 1. The molecule has 0 aliphatic carbocycles. The highest BCUT2D eigenvalue weighted by molar-refractivity contribution is 5.69. The Bertz CT molecular complexity index is 533. The van der Waals surface area contributed by atoms with E-state index in [1.165, 1.54) is 7.11 Å². The summed E-state index contributed by atoms with van der Waals surface area (Å²) >= 11 is 0. The molecule has 1 aromatic heterocycles. The van der Waals surface area contributed by atoms with Gasteiger partial charge in [-0.3, -0.25) is 4.79 Å². The Balaban J connectivity index is 2.06. The van der Waals surface area contributed by atoms with Crippen LogP contribution in [0.2, 0.25) is 0 Å². The first kappa shape index (κ1) is 12.1. The molecule has 0 fully saturated rings. The first-order valence-corrected chi connectivity index (χ1v) is 5.38. The van der Waals surface area contributed by atoms with Gasteiger partial charge in [0.15, 0.2) is 0 Å². The van der Waals surface area contributed by atoms with Crippen LogP contribution in [-0.2, 0) is 16.0 Å². The second-order valence-corrected chi connectivity index (χ2v) is 3.63. The predicted octanol–water partition coefficient (Wildman–Crippen LogP) is 1.55. The van der Waals surface area contributed by atoms with Gasteiger partial charge in [-0.15, -0.1) is 0 Å². The zero-order valence-electron chi connectivity index (χ0n) is 9.79. The van der Waals surface area contributed by atoms with Gasteiger partial charge in [0.25, 0.3) is 0 Å². The lowest BCUT2D eigenvalue weighted by Crippen LogP contribution is -2.01. The van der Waals surface area contributed by atoms with Gasteiger partial charge in [-0.1, -0.05) is 5.16 Å². The van der Waals surface area contributed by atoms with Crippen LogP contribution in [0.5, 0.6) is 5.75 Å². The smallest absolute Gasteiger partial charge is 0.306 e. The number of phenolic OH excluding ortho intramolecular Hbond substituents is 1. The fourth-order valence-corrected chi connectivity index (χ4v) is 1.40. The van der Waals surface area contributed by atoms with Crippen molar-refractivity contribution >= 4 is 5.97 Å². The monoisotopic (exact) mass is 248 g/mol. The van der Waals surface area contributed by atoms with E-state index in [0.29, 0.717) is 18.1 Å². The summed E-state index contributed by atoms with van der Waals surface area (Å²) in [7, 11) is 1.33. The van der Waals surface area contributed by atoms with Crippen LogP contribution in [0, 0.1) is 0 Å². The van der Waals surface area contributed by atoms with Gasteiger partial charge in [0, 0.05) is 12.0 Å². The number of aryl methyl sites for hydroxylation is 1. The third kappa shape index (κ3) is 2.85. The number of benzene rings is 1. The van der Waals surface area contributed by atoms with Crippen molar-refractivity contribution in [2.75, 3.05) is 7.11 Å². The van der Waals surface area contributed by atoms with Crippen molar-refractivity contribution in [2.24, 2.45) is 0 Å². The summed E-state index contributed by atoms with van der Waals surface area (Å²) < 4.78 is 9.53. The summed E-state index contributed by atoms with van der Waals surface area (Å²) in [4.78, 5) is 15.1. The average Bonchev–Trinajstić information content (AvgIpc) is 2.85. The largest absolute Gasteiger partial charge is 0.508 e. The summed E-state index contributed by atoms with van der Waals surface area (Å²) in [5, 5.41) is 13.0. The maximum atomic E-state index is 11.0. The molecule has 0 spiro atoms. The fraction of sp³-hybridized carbons (Fsp3) is 0.250. The van der Waals surface area contributed by atoms with Gasteiger partial charge in [-0.05, 0) is 24.3 Å². The minimum atomic E-state index is -0.320. The number of phenols is 1. The van der Waals surface area contributed by atoms with Crippen molar-refractivity contribution in [2.45, 2.75) is 12.8 Å². The molecule has 0 aliphatic rings. The van der Waals surface area contributed by atoms with E-state index in [4.69, 9.17) is 9.63 Å². The second-order valence-electron chi connectivity index (χ2n) is 3.63. The SMILES string of the molecule is COC(=O)CCc1nc(-c2ccc(O)cc2)no1.